The van der Waals surface area contributed by atoms with E-state index in [0.29, 0.717) is 13.1 Å². The quantitative estimate of drug-likeness (QED) is 0.877. The minimum Gasteiger partial charge on any atom is -0.356 e. The van der Waals surface area contributed by atoms with E-state index in [2.05, 4.69) is 5.32 Å². The molecule has 0 spiro atoms. The molecule has 0 radical (unpaired) electrons. The Morgan fingerprint density at radius 1 is 1.23 bits per heavy atom. The van der Waals surface area contributed by atoms with E-state index < -0.39 is 0 Å². The summed E-state index contributed by atoms with van der Waals surface area (Å²) < 4.78 is 0. The second-order valence-electron chi connectivity index (χ2n) is 7.52. The van der Waals surface area contributed by atoms with Crippen LogP contribution in [-0.4, -0.2) is 37.4 Å². The first-order chi connectivity index (χ1) is 12.6. The predicted molar refractivity (Wildman–Crippen MR) is 99.0 cm³/mol. The Labute approximate surface area is 153 Å². The molecule has 1 aromatic carbocycles. The zero-order valence-electron chi connectivity index (χ0n) is 15.2. The van der Waals surface area contributed by atoms with Crippen LogP contribution < -0.4 is 15.1 Å². The first-order valence-electron chi connectivity index (χ1n) is 9.61. The number of fused-ring (bicyclic) bond motifs is 1. The molecule has 0 aromatic heterocycles. The topological polar surface area (TPSA) is 69.7 Å². The molecule has 1 unspecified atom stereocenters. The van der Waals surface area contributed by atoms with Crippen LogP contribution in [0, 0.1) is 11.8 Å². The van der Waals surface area contributed by atoms with Crippen LogP contribution in [0.1, 0.15) is 38.2 Å². The van der Waals surface area contributed by atoms with E-state index in [4.69, 9.17) is 0 Å². The van der Waals surface area contributed by atoms with Crippen LogP contribution in [0.4, 0.5) is 11.4 Å². The highest BCUT2D eigenvalue weighted by Gasteiger charge is 2.38. The number of benzene rings is 1. The zero-order chi connectivity index (χ0) is 18.3. The molecule has 2 fully saturated rings. The SMILES string of the molecule is CCCNC(=O)C1CC(=O)N(c2ccc3c(c2)CCN3C(=O)C2CC2)C1. The van der Waals surface area contributed by atoms with E-state index in [1.165, 1.54) is 0 Å². The van der Waals surface area contributed by atoms with Gasteiger partial charge in [-0.1, -0.05) is 6.92 Å². The van der Waals surface area contributed by atoms with Gasteiger partial charge in [-0.25, -0.2) is 0 Å². The summed E-state index contributed by atoms with van der Waals surface area (Å²) in [7, 11) is 0. The Balaban J connectivity index is 1.48. The molecule has 1 N–H and O–H groups in total. The van der Waals surface area contributed by atoms with Crippen LogP contribution in [0.5, 0.6) is 0 Å². The van der Waals surface area contributed by atoms with Crippen LogP contribution in [0.2, 0.25) is 0 Å². The monoisotopic (exact) mass is 355 g/mol. The summed E-state index contributed by atoms with van der Waals surface area (Å²) in [4.78, 5) is 40.6. The second kappa shape index (κ2) is 6.74. The van der Waals surface area contributed by atoms with Crippen LogP contribution in [0.3, 0.4) is 0 Å². The van der Waals surface area contributed by atoms with E-state index in [1.54, 1.807) is 4.90 Å². The third kappa shape index (κ3) is 3.08. The average Bonchev–Trinajstić information content (AvgIpc) is 3.30. The van der Waals surface area contributed by atoms with Crippen molar-refractivity contribution in [2.75, 3.05) is 29.4 Å². The molecule has 6 heteroatoms. The zero-order valence-corrected chi connectivity index (χ0v) is 15.2. The molecule has 2 heterocycles. The Kier molecular flexibility index (Phi) is 4.42. The van der Waals surface area contributed by atoms with Gasteiger partial charge in [0.1, 0.15) is 0 Å². The Hall–Kier alpha value is -2.37. The van der Waals surface area contributed by atoms with Crippen molar-refractivity contribution in [1.29, 1.82) is 0 Å². The van der Waals surface area contributed by atoms with Gasteiger partial charge >= 0.3 is 0 Å². The molecule has 3 aliphatic rings. The molecule has 3 amide bonds. The molecule has 1 aromatic rings. The Morgan fingerprint density at radius 2 is 2.04 bits per heavy atom. The predicted octanol–water partition coefficient (Wildman–Crippen LogP) is 1.86. The molecule has 138 valence electrons. The molecular weight excluding hydrogens is 330 g/mol. The standard InChI is InChI=1S/C20H25N3O3/c1-2-8-21-19(25)15-11-18(24)23(12-15)16-5-6-17-14(10-16)7-9-22(17)20(26)13-3-4-13/h5-6,10,13,15H,2-4,7-9,11-12H2,1H3,(H,21,25). The van der Waals surface area contributed by atoms with Crippen molar-refractivity contribution in [3.05, 3.63) is 23.8 Å². The number of rotatable bonds is 5. The number of carbonyl (C=O) groups excluding carboxylic acids is 3. The summed E-state index contributed by atoms with van der Waals surface area (Å²) in [5.41, 5.74) is 2.93. The molecule has 1 aliphatic carbocycles. The molecule has 0 bridgehead atoms. The van der Waals surface area contributed by atoms with Gasteiger partial charge in [0.2, 0.25) is 17.7 Å². The fourth-order valence-electron chi connectivity index (χ4n) is 3.86. The lowest BCUT2D eigenvalue weighted by molar-refractivity contribution is -0.126. The summed E-state index contributed by atoms with van der Waals surface area (Å²) in [5.74, 6) is 0.121. The first kappa shape index (κ1) is 17.1. The van der Waals surface area contributed by atoms with Crippen LogP contribution in [-0.2, 0) is 20.8 Å². The van der Waals surface area contributed by atoms with E-state index >= 15 is 0 Å². The highest BCUT2D eigenvalue weighted by molar-refractivity contribution is 6.02. The van der Waals surface area contributed by atoms with E-state index in [9.17, 15) is 14.4 Å². The highest BCUT2D eigenvalue weighted by atomic mass is 16.2. The highest BCUT2D eigenvalue weighted by Crippen LogP contribution is 2.38. The lowest BCUT2D eigenvalue weighted by atomic mass is 10.1. The largest absolute Gasteiger partial charge is 0.356 e. The molecule has 6 nitrogen and oxygen atoms in total. The lowest BCUT2D eigenvalue weighted by Gasteiger charge is -2.20. The van der Waals surface area contributed by atoms with Crippen molar-refractivity contribution >= 4 is 29.1 Å². The molecule has 4 rings (SSSR count). The summed E-state index contributed by atoms with van der Waals surface area (Å²) in [6.07, 6.45) is 3.99. The summed E-state index contributed by atoms with van der Waals surface area (Å²) >= 11 is 0. The van der Waals surface area contributed by atoms with Crippen LogP contribution in [0.15, 0.2) is 18.2 Å². The third-order valence-corrected chi connectivity index (χ3v) is 5.51. The first-order valence-corrected chi connectivity index (χ1v) is 9.61. The number of anilines is 2. The van der Waals surface area contributed by atoms with E-state index in [-0.39, 0.29) is 36.0 Å². The van der Waals surface area contributed by atoms with Crippen molar-refractivity contribution in [3.63, 3.8) is 0 Å². The van der Waals surface area contributed by atoms with E-state index in [0.717, 1.165) is 49.2 Å². The third-order valence-electron chi connectivity index (χ3n) is 5.51. The number of hydrogen-bond donors (Lipinski definition) is 1. The van der Waals surface area contributed by atoms with E-state index in [1.807, 2.05) is 30.0 Å². The normalized spacial score (nSPS) is 21.9. The smallest absolute Gasteiger partial charge is 0.230 e. The maximum Gasteiger partial charge on any atom is 0.230 e. The molecule has 1 saturated carbocycles. The summed E-state index contributed by atoms with van der Waals surface area (Å²) in [6, 6.07) is 5.87. The number of amides is 3. The van der Waals surface area contributed by atoms with Gasteiger partial charge in [-0.2, -0.15) is 0 Å². The van der Waals surface area contributed by atoms with Gasteiger partial charge in [-0.15, -0.1) is 0 Å². The van der Waals surface area contributed by atoms with Gasteiger partial charge in [0.15, 0.2) is 0 Å². The van der Waals surface area contributed by atoms with Gasteiger partial charge in [0.05, 0.1) is 5.92 Å². The molecular formula is C20H25N3O3. The van der Waals surface area contributed by atoms with Gasteiger partial charge < -0.3 is 15.1 Å². The number of carbonyl (C=O) groups is 3. The van der Waals surface area contributed by atoms with Crippen molar-refractivity contribution in [2.45, 2.75) is 39.0 Å². The Bertz CT molecular complexity index is 757. The fraction of sp³-hybridized carbons (Fsp3) is 0.550. The van der Waals surface area contributed by atoms with Crippen LogP contribution in [0.25, 0.3) is 0 Å². The van der Waals surface area contributed by atoms with Gasteiger partial charge in [0, 0.05) is 43.3 Å². The van der Waals surface area contributed by atoms with Gasteiger partial charge in [0.25, 0.3) is 0 Å². The lowest BCUT2D eigenvalue weighted by Crippen LogP contribution is -2.33. The minimum absolute atomic E-state index is 0.00879. The molecule has 26 heavy (non-hydrogen) atoms. The summed E-state index contributed by atoms with van der Waals surface area (Å²) in [5, 5.41) is 2.88. The average molecular weight is 355 g/mol. The van der Waals surface area contributed by atoms with Crippen molar-refractivity contribution in [1.82, 2.24) is 5.32 Å². The number of hydrogen-bond acceptors (Lipinski definition) is 3. The number of nitrogens with one attached hydrogen (secondary N) is 1. The van der Waals surface area contributed by atoms with Crippen LogP contribution >= 0.6 is 0 Å². The minimum atomic E-state index is -0.282. The van der Waals surface area contributed by atoms with Gasteiger partial charge in [-0.05, 0) is 49.4 Å². The van der Waals surface area contributed by atoms with Crippen molar-refractivity contribution in [2.24, 2.45) is 11.8 Å². The van der Waals surface area contributed by atoms with Crippen molar-refractivity contribution in [3.8, 4) is 0 Å². The second-order valence-corrected chi connectivity index (χ2v) is 7.52. The fourth-order valence-corrected chi connectivity index (χ4v) is 3.86. The maximum atomic E-state index is 12.4. The number of nitrogens with zero attached hydrogens (tertiary/aromatic N) is 2. The maximum absolute atomic E-state index is 12.4. The molecule has 1 saturated heterocycles. The Morgan fingerprint density at radius 3 is 2.77 bits per heavy atom. The van der Waals surface area contributed by atoms with Gasteiger partial charge in [-0.3, -0.25) is 14.4 Å². The molecule has 2 aliphatic heterocycles. The molecule has 1 atom stereocenters. The van der Waals surface area contributed by atoms with Crippen molar-refractivity contribution < 1.29 is 14.4 Å². The summed E-state index contributed by atoms with van der Waals surface area (Å²) in [6.45, 7) is 3.81.